The lowest BCUT2D eigenvalue weighted by Crippen LogP contribution is -2.50. The summed E-state index contributed by atoms with van der Waals surface area (Å²) >= 11 is 0. The number of hydrogen-bond donors (Lipinski definition) is 0. The predicted octanol–water partition coefficient (Wildman–Crippen LogP) is 3.14. The first-order valence-electron chi connectivity index (χ1n) is 11.5. The molecule has 0 saturated carbocycles. The van der Waals surface area contributed by atoms with Crippen LogP contribution in [-0.2, 0) is 11.8 Å². The lowest BCUT2D eigenvalue weighted by Gasteiger charge is -2.36. The fourth-order valence-corrected chi connectivity index (χ4v) is 4.40. The molecule has 4 aromatic heterocycles. The van der Waals surface area contributed by atoms with Gasteiger partial charge < -0.3 is 14.4 Å². The quantitative estimate of drug-likeness (QED) is 0.420. The fourth-order valence-electron chi connectivity index (χ4n) is 4.40. The maximum atomic E-state index is 12.4. The molecule has 1 fully saturated rings. The number of piperazine rings is 1. The molecule has 0 spiro atoms. The Balaban J connectivity index is 1.43. The van der Waals surface area contributed by atoms with Crippen LogP contribution in [0.5, 0.6) is 0 Å². The molecular weight excluding hydrogens is 440 g/mol. The molecule has 1 amide bonds. The molecule has 0 bridgehead atoms. The number of pyridine rings is 2. The summed E-state index contributed by atoms with van der Waals surface area (Å²) in [6.45, 7) is 8.37. The van der Waals surface area contributed by atoms with Gasteiger partial charge in [0.25, 0.3) is 0 Å². The van der Waals surface area contributed by atoms with Gasteiger partial charge in [-0.2, -0.15) is 10.4 Å². The highest BCUT2D eigenvalue weighted by molar-refractivity contribution is 5.87. The molecule has 1 saturated heterocycles. The number of fused-ring (bicyclic) bond motifs is 1. The summed E-state index contributed by atoms with van der Waals surface area (Å²) in [6, 6.07) is 8.28. The normalized spacial score (nSPS) is 14.7. The minimum atomic E-state index is -0.167. The van der Waals surface area contributed by atoms with Crippen molar-refractivity contribution in [3.63, 3.8) is 0 Å². The number of rotatable bonds is 5. The molecule has 1 aliphatic rings. The average molecular weight is 467 g/mol. The summed E-state index contributed by atoms with van der Waals surface area (Å²) in [5.74, 6) is 0.817. The van der Waals surface area contributed by atoms with Crippen LogP contribution in [0.1, 0.15) is 12.5 Å². The molecule has 0 aromatic carbocycles. The van der Waals surface area contributed by atoms with Crippen LogP contribution in [0.15, 0.2) is 62.0 Å². The van der Waals surface area contributed by atoms with Crippen molar-refractivity contribution in [2.75, 3.05) is 31.1 Å². The van der Waals surface area contributed by atoms with Crippen LogP contribution in [0.25, 0.3) is 27.9 Å². The zero-order valence-electron chi connectivity index (χ0n) is 19.8. The highest BCUT2D eigenvalue weighted by Crippen LogP contribution is 2.32. The number of anilines is 1. The van der Waals surface area contributed by atoms with Crippen molar-refractivity contribution in [1.82, 2.24) is 29.0 Å². The van der Waals surface area contributed by atoms with Crippen LogP contribution in [-0.4, -0.2) is 61.1 Å². The highest BCUT2D eigenvalue weighted by atomic mass is 16.2. The standard InChI is InChI=1S/C26H26N8O/c1-4-18(2)26(35)33-9-7-32(8-10-33)24-6-5-19(13-28-24)22-11-20(23-16-31(3)17-29-23)15-34-25(22)21(12-27)14-30-34/h4-6,11,13-18H,1,7-10H2,2-3H3. The number of imidazole rings is 1. The first kappa shape index (κ1) is 22.3. The van der Waals surface area contributed by atoms with Gasteiger partial charge in [-0.05, 0) is 18.2 Å². The van der Waals surface area contributed by atoms with E-state index in [1.54, 1.807) is 23.1 Å². The Morgan fingerprint density at radius 2 is 1.94 bits per heavy atom. The zero-order valence-corrected chi connectivity index (χ0v) is 19.8. The molecule has 4 aromatic rings. The lowest BCUT2D eigenvalue weighted by molar-refractivity contribution is -0.133. The van der Waals surface area contributed by atoms with E-state index >= 15 is 0 Å². The van der Waals surface area contributed by atoms with E-state index in [4.69, 9.17) is 4.98 Å². The number of nitrogens with zero attached hydrogens (tertiary/aromatic N) is 8. The summed E-state index contributed by atoms with van der Waals surface area (Å²) < 4.78 is 3.62. The number of nitriles is 1. The van der Waals surface area contributed by atoms with Gasteiger partial charge in [0.2, 0.25) is 5.91 Å². The van der Waals surface area contributed by atoms with Crippen LogP contribution >= 0.6 is 0 Å². The Bertz CT molecular complexity index is 1430. The van der Waals surface area contributed by atoms with Crippen LogP contribution < -0.4 is 4.90 Å². The van der Waals surface area contributed by atoms with Crippen LogP contribution in [0, 0.1) is 17.2 Å². The number of amides is 1. The van der Waals surface area contributed by atoms with Gasteiger partial charge in [0, 0.05) is 68.5 Å². The number of hydrogen-bond acceptors (Lipinski definition) is 6. The van der Waals surface area contributed by atoms with E-state index in [9.17, 15) is 10.1 Å². The van der Waals surface area contributed by atoms with Gasteiger partial charge in [-0.15, -0.1) is 6.58 Å². The van der Waals surface area contributed by atoms with E-state index in [0.29, 0.717) is 18.7 Å². The van der Waals surface area contributed by atoms with Gasteiger partial charge in [-0.1, -0.05) is 13.0 Å². The van der Waals surface area contributed by atoms with Gasteiger partial charge in [0.1, 0.15) is 11.9 Å². The van der Waals surface area contributed by atoms with Crippen molar-refractivity contribution in [2.24, 2.45) is 13.0 Å². The smallest absolute Gasteiger partial charge is 0.229 e. The molecule has 5 heterocycles. The molecule has 1 aliphatic heterocycles. The SMILES string of the molecule is C=CC(C)C(=O)N1CCN(c2ccc(-c3cc(-c4cn(C)cn4)cn4ncc(C#N)c34)cn2)CC1. The molecule has 9 nitrogen and oxygen atoms in total. The van der Waals surface area contributed by atoms with E-state index in [1.165, 1.54) is 0 Å². The van der Waals surface area contributed by atoms with Crippen molar-refractivity contribution in [2.45, 2.75) is 6.92 Å². The summed E-state index contributed by atoms with van der Waals surface area (Å²) in [6.07, 6.45) is 10.7. The third-order valence-electron chi connectivity index (χ3n) is 6.45. The molecular formula is C26H26N8O. The topological polar surface area (TPSA) is 95.4 Å². The largest absolute Gasteiger partial charge is 0.353 e. The fraction of sp³-hybridized carbons (Fsp3) is 0.269. The van der Waals surface area contributed by atoms with E-state index in [2.05, 4.69) is 27.6 Å². The van der Waals surface area contributed by atoms with Gasteiger partial charge in [0.15, 0.2) is 0 Å². The van der Waals surface area contributed by atoms with E-state index in [1.807, 2.05) is 60.2 Å². The Labute approximate surface area is 203 Å². The van der Waals surface area contributed by atoms with Gasteiger partial charge in [-0.3, -0.25) is 4.79 Å². The second-order valence-electron chi connectivity index (χ2n) is 8.77. The molecule has 1 atom stereocenters. The number of aryl methyl sites for hydroxylation is 1. The first-order chi connectivity index (χ1) is 17.0. The number of carbonyl (C=O) groups is 1. The molecule has 1 unspecified atom stereocenters. The van der Waals surface area contributed by atoms with Crippen molar-refractivity contribution < 1.29 is 4.79 Å². The molecule has 9 heteroatoms. The second-order valence-corrected chi connectivity index (χ2v) is 8.77. The van der Waals surface area contributed by atoms with Crippen molar-refractivity contribution in [3.05, 3.63) is 67.5 Å². The number of aromatic nitrogens is 5. The Morgan fingerprint density at radius 3 is 2.57 bits per heavy atom. The lowest BCUT2D eigenvalue weighted by atomic mass is 10.0. The number of carbonyl (C=O) groups excluding carboxylic acids is 1. The Kier molecular flexibility index (Phi) is 5.79. The Hall–Kier alpha value is -4.45. The summed E-state index contributed by atoms with van der Waals surface area (Å²) in [7, 11) is 1.93. The molecule has 0 aliphatic carbocycles. The van der Waals surface area contributed by atoms with E-state index in [0.717, 1.165) is 46.8 Å². The minimum absolute atomic E-state index is 0.119. The minimum Gasteiger partial charge on any atom is -0.353 e. The predicted molar refractivity (Wildman–Crippen MR) is 133 cm³/mol. The highest BCUT2D eigenvalue weighted by Gasteiger charge is 2.24. The van der Waals surface area contributed by atoms with Gasteiger partial charge in [0.05, 0.1) is 35.2 Å². The summed E-state index contributed by atoms with van der Waals surface area (Å²) in [5, 5.41) is 14.0. The third kappa shape index (κ3) is 4.15. The molecule has 5 rings (SSSR count). The monoisotopic (exact) mass is 466 g/mol. The van der Waals surface area contributed by atoms with Crippen molar-refractivity contribution in [1.29, 1.82) is 5.26 Å². The average Bonchev–Trinajstić information content (AvgIpc) is 3.53. The Morgan fingerprint density at radius 1 is 1.14 bits per heavy atom. The summed E-state index contributed by atoms with van der Waals surface area (Å²) in [4.78, 5) is 25.7. The van der Waals surface area contributed by atoms with Gasteiger partial charge >= 0.3 is 0 Å². The zero-order chi connectivity index (χ0) is 24.5. The van der Waals surface area contributed by atoms with E-state index in [-0.39, 0.29) is 11.8 Å². The first-order valence-corrected chi connectivity index (χ1v) is 11.5. The summed E-state index contributed by atoms with van der Waals surface area (Å²) in [5.41, 5.74) is 4.74. The molecule has 0 N–H and O–H groups in total. The molecule has 0 radical (unpaired) electrons. The van der Waals surface area contributed by atoms with Crippen LogP contribution in [0.3, 0.4) is 0 Å². The van der Waals surface area contributed by atoms with Crippen LogP contribution in [0.2, 0.25) is 0 Å². The molecule has 35 heavy (non-hydrogen) atoms. The maximum absolute atomic E-state index is 12.4. The van der Waals surface area contributed by atoms with Gasteiger partial charge in [-0.25, -0.2) is 14.5 Å². The third-order valence-corrected chi connectivity index (χ3v) is 6.45. The van der Waals surface area contributed by atoms with Crippen LogP contribution in [0.4, 0.5) is 5.82 Å². The maximum Gasteiger partial charge on any atom is 0.229 e. The van der Waals surface area contributed by atoms with Crippen molar-refractivity contribution >= 4 is 17.2 Å². The van der Waals surface area contributed by atoms with E-state index < -0.39 is 0 Å². The molecule has 176 valence electrons. The second kappa shape index (κ2) is 9.06. The van der Waals surface area contributed by atoms with Crippen molar-refractivity contribution in [3.8, 4) is 28.5 Å².